The number of nitrogens with zero attached hydrogens (tertiary/aromatic N) is 1. The lowest BCUT2D eigenvalue weighted by Crippen LogP contribution is -2.53. The summed E-state index contributed by atoms with van der Waals surface area (Å²) in [7, 11) is 0. The van der Waals surface area contributed by atoms with Gasteiger partial charge in [-0.15, -0.1) is 0 Å². The number of carbonyl (C=O) groups is 2. The molecule has 1 aromatic carbocycles. The van der Waals surface area contributed by atoms with Crippen LogP contribution in [-0.4, -0.2) is 42.9 Å². The second kappa shape index (κ2) is 6.13. The van der Waals surface area contributed by atoms with Gasteiger partial charge >= 0.3 is 12.0 Å². The average molecular weight is 292 g/mol. The molecule has 2 amide bonds. The number of nitrogens with one attached hydrogen (secondary N) is 1. The summed E-state index contributed by atoms with van der Waals surface area (Å²) in [6.07, 6.45) is 0. The molecule has 1 aliphatic rings. The fourth-order valence-corrected chi connectivity index (χ4v) is 2.36. The predicted molar refractivity (Wildman–Crippen MR) is 78.3 cm³/mol. The number of anilines is 1. The number of rotatable bonds is 4. The van der Waals surface area contributed by atoms with Crippen LogP contribution in [0.3, 0.4) is 0 Å². The van der Waals surface area contributed by atoms with Crippen molar-refractivity contribution in [1.29, 1.82) is 0 Å². The van der Waals surface area contributed by atoms with Gasteiger partial charge < -0.3 is 15.2 Å². The number of carboxylic acid groups (broad SMARTS) is 1. The van der Waals surface area contributed by atoms with Crippen molar-refractivity contribution < 1.29 is 19.4 Å². The van der Waals surface area contributed by atoms with Gasteiger partial charge in [0.2, 0.25) is 0 Å². The van der Waals surface area contributed by atoms with Crippen molar-refractivity contribution in [3.8, 4) is 0 Å². The Kier molecular flexibility index (Phi) is 4.47. The first-order valence-corrected chi connectivity index (χ1v) is 6.93. The first-order valence-electron chi connectivity index (χ1n) is 6.93. The van der Waals surface area contributed by atoms with Crippen molar-refractivity contribution >= 4 is 17.7 Å². The maximum atomic E-state index is 12.4. The van der Waals surface area contributed by atoms with E-state index in [1.54, 1.807) is 11.8 Å². The molecule has 2 atom stereocenters. The van der Waals surface area contributed by atoms with E-state index >= 15 is 0 Å². The van der Waals surface area contributed by atoms with Crippen LogP contribution in [0, 0.1) is 5.41 Å². The first kappa shape index (κ1) is 15.3. The van der Waals surface area contributed by atoms with Gasteiger partial charge in [-0.1, -0.05) is 18.2 Å². The van der Waals surface area contributed by atoms with Crippen LogP contribution in [0.5, 0.6) is 0 Å². The number of hydrogen-bond donors (Lipinski definition) is 2. The van der Waals surface area contributed by atoms with Crippen LogP contribution >= 0.6 is 0 Å². The summed E-state index contributed by atoms with van der Waals surface area (Å²) in [6, 6.07) is 8.40. The summed E-state index contributed by atoms with van der Waals surface area (Å²) in [5.41, 5.74) is -0.320. The van der Waals surface area contributed by atoms with E-state index in [4.69, 9.17) is 4.74 Å². The third-order valence-electron chi connectivity index (χ3n) is 3.87. The number of benzene rings is 1. The van der Waals surface area contributed by atoms with Crippen molar-refractivity contribution in [3.63, 3.8) is 0 Å². The molecule has 0 aromatic heterocycles. The van der Waals surface area contributed by atoms with E-state index in [0.29, 0.717) is 6.54 Å². The van der Waals surface area contributed by atoms with Gasteiger partial charge in [0.1, 0.15) is 5.41 Å². The Hall–Kier alpha value is -2.08. The maximum Gasteiger partial charge on any atom is 0.322 e. The van der Waals surface area contributed by atoms with Crippen LogP contribution in [-0.2, 0) is 9.53 Å². The quantitative estimate of drug-likeness (QED) is 0.885. The molecule has 1 heterocycles. The number of aliphatic carboxylic acids is 1. The standard InChI is InChI=1S/C15H20N2O4/c1-3-17(11-7-5-4-6-8-11)14(20)16-12-9-21-10-15(12,2)13(18)19/h4-8,12H,3,9-10H2,1-2H3,(H,16,20)(H,18,19). The van der Waals surface area contributed by atoms with Crippen molar-refractivity contribution in [3.05, 3.63) is 30.3 Å². The second-order valence-corrected chi connectivity index (χ2v) is 5.32. The summed E-state index contributed by atoms with van der Waals surface area (Å²) in [6.45, 7) is 4.26. The number of amides is 2. The van der Waals surface area contributed by atoms with E-state index in [2.05, 4.69) is 5.32 Å². The van der Waals surface area contributed by atoms with Gasteiger partial charge in [-0.3, -0.25) is 9.69 Å². The van der Waals surface area contributed by atoms with Crippen molar-refractivity contribution in [2.75, 3.05) is 24.7 Å². The minimum absolute atomic E-state index is 0.102. The van der Waals surface area contributed by atoms with E-state index in [-0.39, 0.29) is 19.2 Å². The summed E-state index contributed by atoms with van der Waals surface area (Å²) >= 11 is 0. The Morgan fingerprint density at radius 3 is 2.67 bits per heavy atom. The average Bonchev–Trinajstić information content (AvgIpc) is 2.83. The molecule has 21 heavy (non-hydrogen) atoms. The molecule has 0 bridgehead atoms. The van der Waals surface area contributed by atoms with Gasteiger partial charge in [0.15, 0.2) is 0 Å². The van der Waals surface area contributed by atoms with Crippen LogP contribution in [0.2, 0.25) is 0 Å². The van der Waals surface area contributed by atoms with Crippen molar-refractivity contribution in [2.24, 2.45) is 5.41 Å². The van der Waals surface area contributed by atoms with E-state index in [1.165, 1.54) is 0 Å². The summed E-state index contributed by atoms with van der Waals surface area (Å²) in [4.78, 5) is 25.4. The Balaban J connectivity index is 2.11. The molecule has 0 radical (unpaired) electrons. The highest BCUT2D eigenvalue weighted by atomic mass is 16.5. The van der Waals surface area contributed by atoms with Crippen LogP contribution in [0.1, 0.15) is 13.8 Å². The molecule has 2 rings (SSSR count). The summed E-state index contributed by atoms with van der Waals surface area (Å²) < 4.78 is 5.24. The highest BCUT2D eigenvalue weighted by Gasteiger charge is 2.47. The fraction of sp³-hybridized carbons (Fsp3) is 0.467. The molecule has 2 N–H and O–H groups in total. The van der Waals surface area contributed by atoms with Gasteiger partial charge in [-0.2, -0.15) is 0 Å². The van der Waals surface area contributed by atoms with Gasteiger partial charge in [-0.25, -0.2) is 4.79 Å². The van der Waals surface area contributed by atoms with Crippen LogP contribution in [0.25, 0.3) is 0 Å². The SMILES string of the molecule is CCN(C(=O)NC1COCC1(C)C(=O)O)c1ccccc1. The molecule has 0 spiro atoms. The summed E-state index contributed by atoms with van der Waals surface area (Å²) in [5, 5.41) is 12.1. The normalized spacial score (nSPS) is 24.6. The lowest BCUT2D eigenvalue weighted by Gasteiger charge is -2.29. The minimum Gasteiger partial charge on any atom is -0.481 e. The predicted octanol–water partition coefficient (Wildman–Crippen LogP) is 1.71. The minimum atomic E-state index is -1.09. The second-order valence-electron chi connectivity index (χ2n) is 5.32. The van der Waals surface area contributed by atoms with E-state index in [9.17, 15) is 14.7 Å². The molecule has 1 aliphatic heterocycles. The lowest BCUT2D eigenvalue weighted by molar-refractivity contribution is -0.148. The Labute approximate surface area is 123 Å². The molecule has 1 saturated heterocycles. The van der Waals surface area contributed by atoms with Crippen LogP contribution < -0.4 is 10.2 Å². The zero-order chi connectivity index (χ0) is 15.5. The highest BCUT2D eigenvalue weighted by molar-refractivity contribution is 5.92. The molecule has 1 fully saturated rings. The van der Waals surface area contributed by atoms with E-state index in [0.717, 1.165) is 5.69 Å². The number of para-hydroxylation sites is 1. The summed E-state index contributed by atoms with van der Waals surface area (Å²) in [5.74, 6) is -0.965. The van der Waals surface area contributed by atoms with Crippen molar-refractivity contribution in [2.45, 2.75) is 19.9 Å². The van der Waals surface area contributed by atoms with E-state index in [1.807, 2.05) is 37.3 Å². The number of carbonyl (C=O) groups excluding carboxylic acids is 1. The maximum absolute atomic E-state index is 12.4. The first-order chi connectivity index (χ1) is 9.99. The number of ether oxygens (including phenoxy) is 1. The fourth-order valence-electron chi connectivity index (χ4n) is 2.36. The molecular weight excluding hydrogens is 272 g/mol. The topological polar surface area (TPSA) is 78.9 Å². The van der Waals surface area contributed by atoms with E-state index < -0.39 is 17.4 Å². The molecule has 0 aliphatic carbocycles. The van der Waals surface area contributed by atoms with Gasteiger partial charge in [0.05, 0.1) is 19.3 Å². The highest BCUT2D eigenvalue weighted by Crippen LogP contribution is 2.29. The van der Waals surface area contributed by atoms with Gasteiger partial charge in [-0.05, 0) is 26.0 Å². The molecule has 6 heteroatoms. The molecular formula is C15H20N2O4. The van der Waals surface area contributed by atoms with Crippen LogP contribution in [0.15, 0.2) is 30.3 Å². The van der Waals surface area contributed by atoms with Gasteiger partial charge in [0.25, 0.3) is 0 Å². The monoisotopic (exact) mass is 292 g/mol. The third kappa shape index (κ3) is 3.00. The third-order valence-corrected chi connectivity index (χ3v) is 3.87. The zero-order valence-electron chi connectivity index (χ0n) is 12.2. The smallest absolute Gasteiger partial charge is 0.322 e. The number of carboxylic acids is 1. The Bertz CT molecular complexity index is 520. The lowest BCUT2D eigenvalue weighted by atomic mass is 9.85. The number of hydrogen-bond acceptors (Lipinski definition) is 3. The molecule has 2 unspecified atom stereocenters. The molecule has 114 valence electrons. The van der Waals surface area contributed by atoms with Crippen LogP contribution in [0.4, 0.5) is 10.5 Å². The Morgan fingerprint density at radius 2 is 2.10 bits per heavy atom. The van der Waals surface area contributed by atoms with Gasteiger partial charge in [0, 0.05) is 12.2 Å². The largest absolute Gasteiger partial charge is 0.481 e. The molecule has 0 saturated carbocycles. The molecule has 1 aromatic rings. The van der Waals surface area contributed by atoms with Crippen molar-refractivity contribution in [1.82, 2.24) is 5.32 Å². The zero-order valence-corrected chi connectivity index (χ0v) is 12.2. The molecule has 6 nitrogen and oxygen atoms in total. The Morgan fingerprint density at radius 1 is 1.43 bits per heavy atom. The number of urea groups is 1.